The molecular weight excluding hydrogens is 152 g/mol. The molecule has 3 heteroatoms. The molecular formula is C9H12N2O. The summed E-state index contributed by atoms with van der Waals surface area (Å²) in [5.74, 6) is 0.721. The fraction of sp³-hybridized carbons (Fsp3) is 0.444. The summed E-state index contributed by atoms with van der Waals surface area (Å²) in [4.78, 5) is 4.05. The van der Waals surface area contributed by atoms with Crippen LogP contribution in [-0.2, 0) is 0 Å². The van der Waals surface area contributed by atoms with E-state index in [1.54, 1.807) is 6.20 Å². The Morgan fingerprint density at radius 2 is 2.50 bits per heavy atom. The molecule has 3 nitrogen and oxygen atoms in total. The summed E-state index contributed by atoms with van der Waals surface area (Å²) in [5, 5.41) is 3.22. The molecule has 0 radical (unpaired) electrons. The van der Waals surface area contributed by atoms with E-state index in [9.17, 15) is 0 Å². The normalized spacial score (nSPS) is 20.5. The number of hydrogen-bond acceptors (Lipinski definition) is 3. The lowest BCUT2D eigenvalue weighted by Gasteiger charge is -2.02. The molecule has 1 aromatic heterocycles. The van der Waals surface area contributed by atoms with Crippen molar-refractivity contribution in [3.63, 3.8) is 0 Å². The van der Waals surface area contributed by atoms with Crippen molar-refractivity contribution in [3.05, 3.63) is 24.4 Å². The number of hydrogen-bond donors (Lipinski definition) is 1. The van der Waals surface area contributed by atoms with Crippen LogP contribution in [0.4, 0.5) is 0 Å². The summed E-state index contributed by atoms with van der Waals surface area (Å²) in [6, 6.07) is 6.38. The first-order valence-electron chi connectivity index (χ1n) is 4.22. The standard InChI is InChI=1S/C9H12N2O/c1-2-5-10-9(3-1)12-6-4-8-7-11-8/h1-3,5,8,11H,4,6-7H2. The summed E-state index contributed by atoms with van der Waals surface area (Å²) in [5.41, 5.74) is 0. The van der Waals surface area contributed by atoms with E-state index in [-0.39, 0.29) is 0 Å². The van der Waals surface area contributed by atoms with E-state index in [1.165, 1.54) is 0 Å². The zero-order chi connectivity index (χ0) is 8.23. The van der Waals surface area contributed by atoms with Gasteiger partial charge in [-0.25, -0.2) is 4.98 Å². The fourth-order valence-corrected chi connectivity index (χ4v) is 1.03. The lowest BCUT2D eigenvalue weighted by molar-refractivity contribution is 0.298. The molecule has 0 saturated carbocycles. The minimum Gasteiger partial charge on any atom is -0.478 e. The van der Waals surface area contributed by atoms with Crippen LogP contribution >= 0.6 is 0 Å². The number of ether oxygens (including phenoxy) is 1. The number of rotatable bonds is 4. The molecule has 1 fully saturated rings. The van der Waals surface area contributed by atoms with Crippen LogP contribution in [-0.4, -0.2) is 24.2 Å². The Balaban J connectivity index is 1.72. The minimum absolute atomic E-state index is 0.689. The van der Waals surface area contributed by atoms with Crippen LogP contribution in [0.25, 0.3) is 0 Å². The maximum absolute atomic E-state index is 5.41. The third-order valence-electron chi connectivity index (χ3n) is 1.85. The average molecular weight is 164 g/mol. The van der Waals surface area contributed by atoms with E-state index in [1.807, 2.05) is 18.2 Å². The van der Waals surface area contributed by atoms with E-state index in [4.69, 9.17) is 4.74 Å². The summed E-state index contributed by atoms with van der Waals surface area (Å²) in [6.45, 7) is 1.90. The summed E-state index contributed by atoms with van der Waals surface area (Å²) >= 11 is 0. The molecule has 1 aromatic rings. The van der Waals surface area contributed by atoms with Crippen molar-refractivity contribution in [2.24, 2.45) is 0 Å². The molecule has 64 valence electrons. The number of pyridine rings is 1. The highest BCUT2D eigenvalue weighted by Crippen LogP contribution is 2.06. The first kappa shape index (κ1) is 7.55. The summed E-state index contributed by atoms with van der Waals surface area (Å²) in [6.07, 6.45) is 2.82. The molecule has 0 amide bonds. The largest absolute Gasteiger partial charge is 0.478 e. The highest BCUT2D eigenvalue weighted by atomic mass is 16.5. The Morgan fingerprint density at radius 3 is 3.17 bits per heavy atom. The zero-order valence-electron chi connectivity index (χ0n) is 6.86. The number of nitrogens with zero attached hydrogens (tertiary/aromatic N) is 1. The van der Waals surface area contributed by atoms with Crippen molar-refractivity contribution in [3.8, 4) is 5.88 Å². The average Bonchev–Trinajstić information content (AvgIpc) is 2.90. The van der Waals surface area contributed by atoms with Crippen molar-refractivity contribution < 1.29 is 4.74 Å². The van der Waals surface area contributed by atoms with Gasteiger partial charge in [0.25, 0.3) is 0 Å². The maximum Gasteiger partial charge on any atom is 0.213 e. The van der Waals surface area contributed by atoms with Crippen LogP contribution in [0.15, 0.2) is 24.4 Å². The number of nitrogens with one attached hydrogen (secondary N) is 1. The topological polar surface area (TPSA) is 44.1 Å². The van der Waals surface area contributed by atoms with Crippen LogP contribution in [0.1, 0.15) is 6.42 Å². The van der Waals surface area contributed by atoms with E-state index < -0.39 is 0 Å². The van der Waals surface area contributed by atoms with Crippen molar-refractivity contribution in [2.45, 2.75) is 12.5 Å². The Bertz CT molecular complexity index is 234. The van der Waals surface area contributed by atoms with Crippen molar-refractivity contribution in [2.75, 3.05) is 13.2 Å². The van der Waals surface area contributed by atoms with Gasteiger partial charge in [-0.3, -0.25) is 0 Å². The van der Waals surface area contributed by atoms with Gasteiger partial charge in [0.05, 0.1) is 6.61 Å². The molecule has 12 heavy (non-hydrogen) atoms. The van der Waals surface area contributed by atoms with Crippen LogP contribution in [0.3, 0.4) is 0 Å². The summed E-state index contributed by atoms with van der Waals surface area (Å²) in [7, 11) is 0. The molecule has 2 rings (SSSR count). The van der Waals surface area contributed by atoms with Gasteiger partial charge in [0, 0.05) is 24.8 Å². The molecule has 0 bridgehead atoms. The third-order valence-corrected chi connectivity index (χ3v) is 1.85. The minimum atomic E-state index is 0.689. The lowest BCUT2D eigenvalue weighted by atomic mass is 10.3. The smallest absolute Gasteiger partial charge is 0.213 e. The van der Waals surface area contributed by atoms with Gasteiger partial charge in [-0.05, 0) is 12.5 Å². The predicted octanol–water partition coefficient (Wildman–Crippen LogP) is 0.822. The van der Waals surface area contributed by atoms with Crippen molar-refractivity contribution in [1.82, 2.24) is 10.3 Å². The van der Waals surface area contributed by atoms with Crippen LogP contribution in [0.2, 0.25) is 0 Å². The molecule has 1 aliphatic rings. The third kappa shape index (κ3) is 2.20. The molecule has 0 aromatic carbocycles. The highest BCUT2D eigenvalue weighted by molar-refractivity contribution is 5.09. The van der Waals surface area contributed by atoms with E-state index >= 15 is 0 Å². The second kappa shape index (κ2) is 3.54. The first-order chi connectivity index (χ1) is 5.95. The monoisotopic (exact) mass is 164 g/mol. The fourth-order valence-electron chi connectivity index (χ4n) is 1.03. The van der Waals surface area contributed by atoms with Gasteiger partial charge in [-0.1, -0.05) is 6.07 Å². The van der Waals surface area contributed by atoms with E-state index in [2.05, 4.69) is 10.3 Å². The molecule has 1 saturated heterocycles. The second-order valence-corrected chi connectivity index (χ2v) is 2.91. The number of aromatic nitrogens is 1. The van der Waals surface area contributed by atoms with Crippen LogP contribution < -0.4 is 10.1 Å². The highest BCUT2D eigenvalue weighted by Gasteiger charge is 2.19. The van der Waals surface area contributed by atoms with Crippen LogP contribution in [0, 0.1) is 0 Å². The van der Waals surface area contributed by atoms with Gasteiger partial charge in [-0.2, -0.15) is 0 Å². The van der Waals surface area contributed by atoms with Gasteiger partial charge >= 0.3 is 0 Å². The Morgan fingerprint density at radius 1 is 1.58 bits per heavy atom. The van der Waals surface area contributed by atoms with Crippen LogP contribution in [0.5, 0.6) is 5.88 Å². The molecule has 1 N–H and O–H groups in total. The quantitative estimate of drug-likeness (QED) is 0.670. The Labute approximate surface area is 71.8 Å². The maximum atomic E-state index is 5.41. The van der Waals surface area contributed by atoms with Gasteiger partial charge in [0.1, 0.15) is 0 Å². The van der Waals surface area contributed by atoms with Gasteiger partial charge < -0.3 is 10.1 Å². The van der Waals surface area contributed by atoms with E-state index in [0.717, 1.165) is 25.5 Å². The molecule has 0 spiro atoms. The SMILES string of the molecule is c1ccc(OCCC2CN2)nc1. The van der Waals surface area contributed by atoms with Gasteiger partial charge in [0.2, 0.25) is 5.88 Å². The Hall–Kier alpha value is -1.09. The molecule has 1 aliphatic heterocycles. The first-order valence-corrected chi connectivity index (χ1v) is 4.22. The molecule has 0 aliphatic carbocycles. The molecule has 1 atom stereocenters. The van der Waals surface area contributed by atoms with Crippen molar-refractivity contribution >= 4 is 0 Å². The van der Waals surface area contributed by atoms with Gasteiger partial charge in [0.15, 0.2) is 0 Å². The van der Waals surface area contributed by atoms with Crippen molar-refractivity contribution in [1.29, 1.82) is 0 Å². The molecule has 2 heterocycles. The Kier molecular flexibility index (Phi) is 2.23. The second-order valence-electron chi connectivity index (χ2n) is 2.91. The summed E-state index contributed by atoms with van der Waals surface area (Å²) < 4.78 is 5.41. The van der Waals surface area contributed by atoms with Gasteiger partial charge in [-0.15, -0.1) is 0 Å². The predicted molar refractivity (Wildman–Crippen MR) is 46.1 cm³/mol. The molecule has 1 unspecified atom stereocenters. The lowest BCUT2D eigenvalue weighted by Crippen LogP contribution is -2.03. The zero-order valence-corrected chi connectivity index (χ0v) is 6.86. The van der Waals surface area contributed by atoms with E-state index in [0.29, 0.717) is 6.04 Å².